The molecule has 0 atom stereocenters. The quantitative estimate of drug-likeness (QED) is 0.788. The number of hydrogen-bond donors (Lipinski definition) is 0. The van der Waals surface area contributed by atoms with E-state index in [1.807, 2.05) is 17.5 Å². The number of halogens is 1. The van der Waals surface area contributed by atoms with Crippen LogP contribution in [0.25, 0.3) is 0 Å². The van der Waals surface area contributed by atoms with E-state index in [1.165, 1.54) is 0 Å². The molecule has 3 nitrogen and oxygen atoms in total. The molecule has 0 amide bonds. The van der Waals surface area contributed by atoms with Gasteiger partial charge in [-0.15, -0.1) is 11.3 Å². The number of nitrogens with zero attached hydrogens (tertiary/aromatic N) is 1. The predicted octanol–water partition coefficient (Wildman–Crippen LogP) is 4.17. The summed E-state index contributed by atoms with van der Waals surface area (Å²) in [5, 5.41) is 2.51. The Kier molecular flexibility index (Phi) is 4.23. The van der Waals surface area contributed by atoms with Gasteiger partial charge in [-0.3, -0.25) is 4.99 Å². The van der Waals surface area contributed by atoms with E-state index in [0.29, 0.717) is 22.2 Å². The van der Waals surface area contributed by atoms with E-state index < -0.39 is 0 Å². The van der Waals surface area contributed by atoms with Gasteiger partial charge >= 0.3 is 0 Å². The first-order chi connectivity index (χ1) is 8.74. The Morgan fingerprint density at radius 2 is 2.00 bits per heavy atom. The Hall–Kier alpha value is -1.52. The molecule has 0 saturated carbocycles. The molecule has 1 aromatic heterocycles. The number of thiophene rings is 1. The standard InChI is InChI=1S/C13H12ClNO2S/c1-16-12-7-11(13(17-2)6-10(12)14)15-8-9-4-3-5-18-9/h3-8H,1-2H3. The lowest BCUT2D eigenvalue weighted by molar-refractivity contribution is 0.404. The second kappa shape index (κ2) is 5.89. The van der Waals surface area contributed by atoms with Crippen LogP contribution in [0, 0.1) is 0 Å². The average Bonchev–Trinajstić information content (AvgIpc) is 2.90. The highest BCUT2D eigenvalue weighted by atomic mass is 35.5. The van der Waals surface area contributed by atoms with Gasteiger partial charge in [0.05, 0.1) is 19.2 Å². The number of benzene rings is 1. The van der Waals surface area contributed by atoms with Gasteiger partial charge < -0.3 is 9.47 Å². The molecule has 0 N–H and O–H groups in total. The minimum Gasteiger partial charge on any atom is -0.495 e. The summed E-state index contributed by atoms with van der Waals surface area (Å²) < 4.78 is 10.4. The summed E-state index contributed by atoms with van der Waals surface area (Å²) in [5.41, 5.74) is 0.687. The molecule has 0 bridgehead atoms. The molecule has 1 heterocycles. The molecular weight excluding hydrogens is 270 g/mol. The van der Waals surface area contributed by atoms with Crippen molar-refractivity contribution in [1.82, 2.24) is 0 Å². The van der Waals surface area contributed by atoms with Crippen molar-refractivity contribution in [2.24, 2.45) is 4.99 Å². The summed E-state index contributed by atoms with van der Waals surface area (Å²) in [7, 11) is 3.16. The van der Waals surface area contributed by atoms with Crippen LogP contribution in [0.5, 0.6) is 11.5 Å². The largest absolute Gasteiger partial charge is 0.495 e. The molecule has 2 rings (SSSR count). The number of ether oxygens (including phenoxy) is 2. The third-order valence-electron chi connectivity index (χ3n) is 2.33. The monoisotopic (exact) mass is 281 g/mol. The fourth-order valence-corrected chi connectivity index (χ4v) is 2.26. The lowest BCUT2D eigenvalue weighted by Gasteiger charge is -2.08. The summed E-state index contributed by atoms with van der Waals surface area (Å²) in [6.45, 7) is 0. The van der Waals surface area contributed by atoms with Gasteiger partial charge in [-0.2, -0.15) is 0 Å². The van der Waals surface area contributed by atoms with Crippen LogP contribution in [-0.2, 0) is 0 Å². The Balaban J connectivity index is 2.36. The van der Waals surface area contributed by atoms with Gasteiger partial charge in [-0.25, -0.2) is 0 Å². The van der Waals surface area contributed by atoms with E-state index in [9.17, 15) is 0 Å². The number of rotatable bonds is 4. The Morgan fingerprint density at radius 3 is 2.61 bits per heavy atom. The van der Waals surface area contributed by atoms with Crippen LogP contribution < -0.4 is 9.47 Å². The summed E-state index contributed by atoms with van der Waals surface area (Å²) >= 11 is 7.65. The summed E-state index contributed by atoms with van der Waals surface area (Å²) in [6, 6.07) is 7.42. The van der Waals surface area contributed by atoms with Gasteiger partial charge in [0.2, 0.25) is 0 Å². The third-order valence-corrected chi connectivity index (χ3v) is 3.43. The molecule has 5 heteroatoms. The lowest BCUT2D eigenvalue weighted by Crippen LogP contribution is -1.88. The van der Waals surface area contributed by atoms with Crippen LogP contribution in [-0.4, -0.2) is 20.4 Å². The molecule has 2 aromatic rings. The van der Waals surface area contributed by atoms with Gasteiger partial charge in [0, 0.05) is 23.2 Å². The summed E-state index contributed by atoms with van der Waals surface area (Å²) in [6.07, 6.45) is 1.79. The van der Waals surface area contributed by atoms with Crippen molar-refractivity contribution < 1.29 is 9.47 Å². The van der Waals surface area contributed by atoms with Crippen molar-refractivity contribution in [3.8, 4) is 11.5 Å². The molecule has 0 spiro atoms. The first-order valence-electron chi connectivity index (χ1n) is 5.23. The van der Waals surface area contributed by atoms with Crippen LogP contribution >= 0.6 is 22.9 Å². The molecule has 0 aliphatic heterocycles. The van der Waals surface area contributed by atoms with Crippen LogP contribution in [0.15, 0.2) is 34.6 Å². The van der Waals surface area contributed by atoms with Gasteiger partial charge in [0.15, 0.2) is 0 Å². The maximum absolute atomic E-state index is 6.03. The highest BCUT2D eigenvalue weighted by Crippen LogP contribution is 2.37. The molecule has 1 aromatic carbocycles. The van der Waals surface area contributed by atoms with E-state index in [4.69, 9.17) is 21.1 Å². The normalized spacial score (nSPS) is 10.8. The second-order valence-corrected chi connectivity index (χ2v) is 4.82. The number of aliphatic imine (C=N–C) groups is 1. The lowest BCUT2D eigenvalue weighted by atomic mass is 10.2. The molecule has 0 aliphatic rings. The predicted molar refractivity (Wildman–Crippen MR) is 76.1 cm³/mol. The topological polar surface area (TPSA) is 30.8 Å². The average molecular weight is 282 g/mol. The maximum atomic E-state index is 6.03. The molecule has 0 saturated heterocycles. The Bertz CT molecular complexity index is 552. The first-order valence-corrected chi connectivity index (χ1v) is 6.49. The highest BCUT2D eigenvalue weighted by molar-refractivity contribution is 7.11. The Morgan fingerprint density at radius 1 is 1.22 bits per heavy atom. The summed E-state index contributed by atoms with van der Waals surface area (Å²) in [5.74, 6) is 1.20. The minimum atomic E-state index is 0.504. The van der Waals surface area contributed by atoms with Crippen LogP contribution in [0.1, 0.15) is 4.88 Å². The van der Waals surface area contributed by atoms with Crippen molar-refractivity contribution >= 4 is 34.8 Å². The zero-order valence-electron chi connectivity index (χ0n) is 10.0. The first kappa shape index (κ1) is 12.9. The van der Waals surface area contributed by atoms with E-state index >= 15 is 0 Å². The molecule has 0 aliphatic carbocycles. The van der Waals surface area contributed by atoms with Crippen molar-refractivity contribution in [2.75, 3.05) is 14.2 Å². The fourth-order valence-electron chi connectivity index (χ4n) is 1.44. The Labute approximate surface area is 115 Å². The van der Waals surface area contributed by atoms with Gasteiger partial charge in [-0.1, -0.05) is 17.7 Å². The molecule has 0 radical (unpaired) electrons. The molecule has 94 valence electrons. The van der Waals surface area contributed by atoms with Crippen molar-refractivity contribution in [3.63, 3.8) is 0 Å². The maximum Gasteiger partial charge on any atom is 0.146 e. The van der Waals surface area contributed by atoms with E-state index in [0.717, 1.165) is 4.88 Å². The summed E-state index contributed by atoms with van der Waals surface area (Å²) in [4.78, 5) is 5.47. The van der Waals surface area contributed by atoms with E-state index in [1.54, 1.807) is 43.9 Å². The van der Waals surface area contributed by atoms with Crippen molar-refractivity contribution in [1.29, 1.82) is 0 Å². The van der Waals surface area contributed by atoms with Crippen LogP contribution in [0.4, 0.5) is 5.69 Å². The molecular formula is C13H12ClNO2S. The number of methoxy groups -OCH3 is 2. The molecule has 0 fully saturated rings. The smallest absolute Gasteiger partial charge is 0.146 e. The van der Waals surface area contributed by atoms with Crippen molar-refractivity contribution in [2.45, 2.75) is 0 Å². The third kappa shape index (κ3) is 2.83. The minimum absolute atomic E-state index is 0.504. The van der Waals surface area contributed by atoms with Crippen LogP contribution in [0.2, 0.25) is 5.02 Å². The van der Waals surface area contributed by atoms with Crippen molar-refractivity contribution in [3.05, 3.63) is 39.5 Å². The van der Waals surface area contributed by atoms with E-state index in [-0.39, 0.29) is 0 Å². The zero-order valence-corrected chi connectivity index (χ0v) is 11.6. The van der Waals surface area contributed by atoms with E-state index in [2.05, 4.69) is 4.99 Å². The highest BCUT2D eigenvalue weighted by Gasteiger charge is 2.08. The SMILES string of the molecule is COc1cc(N=Cc2cccs2)c(OC)cc1Cl. The number of hydrogen-bond acceptors (Lipinski definition) is 4. The fraction of sp³-hybridized carbons (Fsp3) is 0.154. The molecule has 0 unspecified atom stereocenters. The van der Waals surface area contributed by atoms with Gasteiger partial charge in [0.25, 0.3) is 0 Å². The van der Waals surface area contributed by atoms with Gasteiger partial charge in [0.1, 0.15) is 17.2 Å². The molecule has 18 heavy (non-hydrogen) atoms. The zero-order chi connectivity index (χ0) is 13.0. The second-order valence-electron chi connectivity index (χ2n) is 3.43. The van der Waals surface area contributed by atoms with Gasteiger partial charge in [-0.05, 0) is 11.4 Å². The van der Waals surface area contributed by atoms with Crippen LogP contribution in [0.3, 0.4) is 0 Å².